The van der Waals surface area contributed by atoms with E-state index in [2.05, 4.69) is 22.1 Å². The van der Waals surface area contributed by atoms with Crippen molar-refractivity contribution in [1.82, 2.24) is 19.9 Å². The number of rotatable bonds is 6. The van der Waals surface area contributed by atoms with Crippen molar-refractivity contribution in [3.63, 3.8) is 0 Å². The Labute approximate surface area is 180 Å². The number of piperidine rings is 1. The molecule has 3 heterocycles. The SMILES string of the molecule is CCN1CCC(c2nc(-c3ccc(F)cc3)c(-c3ccnc(NC4CC4)n3)s2)CC1. The van der Waals surface area contributed by atoms with Crippen LogP contribution in [-0.4, -0.2) is 45.5 Å². The van der Waals surface area contributed by atoms with Gasteiger partial charge in [0, 0.05) is 23.7 Å². The van der Waals surface area contributed by atoms with Gasteiger partial charge in [-0.15, -0.1) is 11.3 Å². The number of anilines is 1. The first kappa shape index (κ1) is 19.6. The second kappa shape index (κ2) is 8.40. The molecular weight excluding hydrogens is 397 g/mol. The van der Waals surface area contributed by atoms with Crippen LogP contribution in [0.1, 0.15) is 43.5 Å². The Morgan fingerprint density at radius 3 is 2.53 bits per heavy atom. The molecule has 5 nitrogen and oxygen atoms in total. The van der Waals surface area contributed by atoms with Crippen molar-refractivity contribution >= 4 is 17.3 Å². The monoisotopic (exact) mass is 423 g/mol. The summed E-state index contributed by atoms with van der Waals surface area (Å²) in [7, 11) is 0. The highest BCUT2D eigenvalue weighted by Gasteiger charge is 2.26. The molecule has 0 atom stereocenters. The second-order valence-corrected chi connectivity index (χ2v) is 9.16. The first-order chi connectivity index (χ1) is 14.7. The normalized spacial score (nSPS) is 17.9. The highest BCUT2D eigenvalue weighted by Crippen LogP contribution is 2.41. The Bertz CT molecular complexity index is 1010. The summed E-state index contributed by atoms with van der Waals surface area (Å²) < 4.78 is 13.5. The predicted octanol–water partition coefficient (Wildman–Crippen LogP) is 5.18. The average Bonchev–Trinajstić information content (AvgIpc) is 3.48. The molecule has 1 saturated heterocycles. The summed E-state index contributed by atoms with van der Waals surface area (Å²) >= 11 is 1.73. The number of nitrogens with one attached hydrogen (secondary N) is 1. The molecular formula is C23H26FN5S. The minimum absolute atomic E-state index is 0.236. The average molecular weight is 424 g/mol. The zero-order chi connectivity index (χ0) is 20.5. The van der Waals surface area contributed by atoms with Gasteiger partial charge < -0.3 is 10.2 Å². The van der Waals surface area contributed by atoms with Crippen LogP contribution in [0.25, 0.3) is 21.8 Å². The first-order valence-electron chi connectivity index (χ1n) is 10.8. The number of benzene rings is 1. The zero-order valence-electron chi connectivity index (χ0n) is 17.1. The van der Waals surface area contributed by atoms with Crippen molar-refractivity contribution in [1.29, 1.82) is 0 Å². The Kier molecular flexibility index (Phi) is 5.48. The summed E-state index contributed by atoms with van der Waals surface area (Å²) in [4.78, 5) is 17.7. The minimum Gasteiger partial charge on any atom is -0.351 e. The van der Waals surface area contributed by atoms with Gasteiger partial charge in [0.15, 0.2) is 0 Å². The lowest BCUT2D eigenvalue weighted by molar-refractivity contribution is 0.222. The molecule has 0 amide bonds. The van der Waals surface area contributed by atoms with Crippen LogP contribution < -0.4 is 5.32 Å². The van der Waals surface area contributed by atoms with E-state index in [1.807, 2.05) is 18.2 Å². The Morgan fingerprint density at radius 2 is 1.83 bits per heavy atom. The fourth-order valence-electron chi connectivity index (χ4n) is 3.95. The summed E-state index contributed by atoms with van der Waals surface area (Å²) in [5, 5.41) is 4.54. The second-order valence-electron chi connectivity index (χ2n) is 8.13. The summed E-state index contributed by atoms with van der Waals surface area (Å²) in [5.74, 6) is 0.906. The van der Waals surface area contributed by atoms with Crippen LogP contribution in [0, 0.1) is 5.82 Å². The van der Waals surface area contributed by atoms with E-state index in [-0.39, 0.29) is 5.82 Å². The van der Waals surface area contributed by atoms with E-state index >= 15 is 0 Å². The molecule has 1 aliphatic carbocycles. The number of hydrogen-bond donors (Lipinski definition) is 1. The molecule has 2 fully saturated rings. The standard InChI is InChI=1S/C23H26FN5S/c1-2-29-13-10-16(11-14-29)22-28-20(15-3-5-17(24)6-4-15)21(30-22)19-9-12-25-23(27-19)26-18-7-8-18/h3-6,9,12,16,18H,2,7-8,10-11,13-14H2,1H3,(H,25,26,27). The summed E-state index contributed by atoms with van der Waals surface area (Å²) in [6.45, 7) is 5.56. The van der Waals surface area contributed by atoms with Gasteiger partial charge in [-0.2, -0.15) is 0 Å². The molecule has 5 rings (SSSR count). The Hall–Kier alpha value is -2.38. The smallest absolute Gasteiger partial charge is 0.223 e. The van der Waals surface area contributed by atoms with Gasteiger partial charge in [-0.25, -0.2) is 19.3 Å². The molecule has 30 heavy (non-hydrogen) atoms. The third-order valence-corrected chi connectivity index (χ3v) is 7.18. The molecule has 0 spiro atoms. The van der Waals surface area contributed by atoms with Crippen molar-refractivity contribution in [3.8, 4) is 21.8 Å². The van der Waals surface area contributed by atoms with Crippen molar-refractivity contribution < 1.29 is 4.39 Å². The predicted molar refractivity (Wildman–Crippen MR) is 119 cm³/mol. The summed E-state index contributed by atoms with van der Waals surface area (Å²) in [6, 6.07) is 9.06. The van der Waals surface area contributed by atoms with E-state index in [0.717, 1.165) is 59.3 Å². The Balaban J connectivity index is 1.51. The molecule has 0 radical (unpaired) electrons. The van der Waals surface area contributed by atoms with Crippen LogP contribution >= 0.6 is 11.3 Å². The van der Waals surface area contributed by atoms with E-state index < -0.39 is 0 Å². The van der Waals surface area contributed by atoms with Gasteiger partial charge in [0.1, 0.15) is 5.82 Å². The molecule has 2 aromatic heterocycles. The molecule has 1 N–H and O–H groups in total. The maximum Gasteiger partial charge on any atom is 0.223 e. The van der Waals surface area contributed by atoms with Crippen LogP contribution in [0.5, 0.6) is 0 Å². The van der Waals surface area contributed by atoms with Crippen molar-refractivity contribution in [2.75, 3.05) is 25.0 Å². The van der Waals surface area contributed by atoms with Crippen molar-refractivity contribution in [2.45, 2.75) is 44.6 Å². The van der Waals surface area contributed by atoms with Crippen LogP contribution in [0.15, 0.2) is 36.5 Å². The molecule has 1 aliphatic heterocycles. The molecule has 1 aromatic carbocycles. The summed E-state index contributed by atoms with van der Waals surface area (Å²) in [6.07, 6.45) is 6.41. The van der Waals surface area contributed by atoms with Crippen molar-refractivity contribution in [2.24, 2.45) is 0 Å². The van der Waals surface area contributed by atoms with Crippen LogP contribution in [-0.2, 0) is 0 Å². The van der Waals surface area contributed by atoms with Gasteiger partial charge >= 0.3 is 0 Å². The van der Waals surface area contributed by atoms with Gasteiger partial charge in [0.05, 0.1) is 21.3 Å². The van der Waals surface area contributed by atoms with Gasteiger partial charge in [-0.05, 0) is 75.6 Å². The van der Waals surface area contributed by atoms with E-state index in [4.69, 9.17) is 9.97 Å². The van der Waals surface area contributed by atoms with E-state index in [1.54, 1.807) is 17.5 Å². The Morgan fingerprint density at radius 1 is 1.07 bits per heavy atom. The summed E-state index contributed by atoms with van der Waals surface area (Å²) in [5.41, 5.74) is 2.70. The van der Waals surface area contributed by atoms with E-state index in [0.29, 0.717) is 17.9 Å². The molecule has 0 unspecified atom stereocenters. The fraction of sp³-hybridized carbons (Fsp3) is 0.435. The number of thiazole rings is 1. The van der Waals surface area contributed by atoms with Gasteiger partial charge in [0.25, 0.3) is 0 Å². The minimum atomic E-state index is -0.236. The van der Waals surface area contributed by atoms with Gasteiger partial charge in [0.2, 0.25) is 5.95 Å². The van der Waals surface area contributed by atoms with Crippen LogP contribution in [0.3, 0.4) is 0 Å². The third kappa shape index (κ3) is 4.23. The van der Waals surface area contributed by atoms with Crippen molar-refractivity contribution in [3.05, 3.63) is 47.4 Å². The highest BCUT2D eigenvalue weighted by molar-refractivity contribution is 7.15. The molecule has 3 aromatic rings. The van der Waals surface area contributed by atoms with Crippen LogP contribution in [0.2, 0.25) is 0 Å². The molecule has 1 saturated carbocycles. The number of aromatic nitrogens is 3. The molecule has 156 valence electrons. The lowest BCUT2D eigenvalue weighted by Crippen LogP contribution is -2.32. The number of nitrogens with zero attached hydrogens (tertiary/aromatic N) is 4. The largest absolute Gasteiger partial charge is 0.351 e. The zero-order valence-corrected chi connectivity index (χ0v) is 18.0. The maximum absolute atomic E-state index is 13.5. The number of halogens is 1. The first-order valence-corrected chi connectivity index (χ1v) is 11.6. The lowest BCUT2D eigenvalue weighted by Gasteiger charge is -2.29. The van der Waals surface area contributed by atoms with Gasteiger partial charge in [-0.3, -0.25) is 0 Å². The molecule has 2 aliphatic rings. The maximum atomic E-state index is 13.5. The quantitative estimate of drug-likeness (QED) is 0.592. The topological polar surface area (TPSA) is 53.9 Å². The van der Waals surface area contributed by atoms with E-state index in [9.17, 15) is 4.39 Å². The third-order valence-electron chi connectivity index (χ3n) is 5.94. The molecule has 7 heteroatoms. The fourth-order valence-corrected chi connectivity index (χ4v) is 5.18. The van der Waals surface area contributed by atoms with Crippen LogP contribution in [0.4, 0.5) is 10.3 Å². The number of hydrogen-bond acceptors (Lipinski definition) is 6. The number of likely N-dealkylation sites (tertiary alicyclic amines) is 1. The van der Waals surface area contributed by atoms with Gasteiger partial charge in [-0.1, -0.05) is 6.92 Å². The van der Waals surface area contributed by atoms with E-state index in [1.165, 1.54) is 25.0 Å². The highest BCUT2D eigenvalue weighted by atomic mass is 32.1. The molecule has 0 bridgehead atoms. The lowest BCUT2D eigenvalue weighted by atomic mass is 9.97.